The molecule has 0 aliphatic carbocycles. The van der Waals surface area contributed by atoms with Crippen LogP contribution < -0.4 is 0 Å². The second-order valence-corrected chi connectivity index (χ2v) is 4.49. The molecule has 0 radical (unpaired) electrons. The number of amides is 1. The molecule has 96 valence electrons. The van der Waals surface area contributed by atoms with E-state index in [1.807, 2.05) is 0 Å². The Morgan fingerprint density at radius 1 is 1.56 bits per heavy atom. The van der Waals surface area contributed by atoms with E-state index in [1.54, 1.807) is 0 Å². The number of carbonyl (C=O) groups excluding carboxylic acids is 1. The van der Waals surface area contributed by atoms with Gasteiger partial charge in [0.05, 0.1) is 11.0 Å². The van der Waals surface area contributed by atoms with Gasteiger partial charge in [-0.15, -0.1) is 0 Å². The van der Waals surface area contributed by atoms with Gasteiger partial charge in [0.25, 0.3) is 5.91 Å². The van der Waals surface area contributed by atoms with Crippen LogP contribution >= 0.6 is 11.6 Å². The average molecular weight is 271 g/mol. The van der Waals surface area contributed by atoms with E-state index < -0.39 is 16.9 Å². The number of carbonyl (C=O) groups is 1. The number of benzene rings is 1. The van der Waals surface area contributed by atoms with E-state index in [4.69, 9.17) is 11.6 Å². The second kappa shape index (κ2) is 4.91. The molecule has 1 atom stereocenters. The second-order valence-electron chi connectivity index (χ2n) is 4.09. The summed E-state index contributed by atoms with van der Waals surface area (Å²) < 4.78 is 0. The number of aliphatic hydroxyl groups is 1. The number of nitrogens with zero attached hydrogens (tertiary/aromatic N) is 2. The first kappa shape index (κ1) is 12.8. The maximum Gasteiger partial charge on any atom is 0.300 e. The molecule has 0 bridgehead atoms. The summed E-state index contributed by atoms with van der Waals surface area (Å²) in [6, 6.07) is 4.24. The van der Waals surface area contributed by atoms with Gasteiger partial charge in [0.15, 0.2) is 0 Å². The van der Waals surface area contributed by atoms with Crippen molar-refractivity contribution in [2.75, 3.05) is 13.1 Å². The molecule has 1 aliphatic rings. The molecule has 2 rings (SSSR count). The lowest BCUT2D eigenvalue weighted by atomic mass is 10.1. The van der Waals surface area contributed by atoms with Gasteiger partial charge in [-0.3, -0.25) is 14.9 Å². The van der Waals surface area contributed by atoms with Crippen molar-refractivity contribution in [3.63, 3.8) is 0 Å². The molecule has 1 aromatic rings. The predicted molar refractivity (Wildman–Crippen MR) is 64.6 cm³/mol. The SMILES string of the molecule is O=C(c1cccc(Cl)c1[N+](=O)[O-])N1CC[C@@H](O)C1. The molecule has 0 spiro atoms. The van der Waals surface area contributed by atoms with E-state index in [2.05, 4.69) is 0 Å². The molecule has 1 saturated heterocycles. The van der Waals surface area contributed by atoms with Crippen LogP contribution in [0.4, 0.5) is 5.69 Å². The van der Waals surface area contributed by atoms with Crippen molar-refractivity contribution in [2.45, 2.75) is 12.5 Å². The van der Waals surface area contributed by atoms with Gasteiger partial charge in [0.2, 0.25) is 0 Å². The van der Waals surface area contributed by atoms with Crippen molar-refractivity contribution in [1.29, 1.82) is 0 Å². The lowest BCUT2D eigenvalue weighted by Gasteiger charge is -2.15. The van der Waals surface area contributed by atoms with Crippen LogP contribution in [0.25, 0.3) is 0 Å². The minimum absolute atomic E-state index is 0.0402. The number of nitro benzene ring substituents is 1. The van der Waals surface area contributed by atoms with Crippen molar-refractivity contribution in [2.24, 2.45) is 0 Å². The van der Waals surface area contributed by atoms with Crippen LogP contribution in [0.3, 0.4) is 0 Å². The Morgan fingerprint density at radius 2 is 2.28 bits per heavy atom. The Bertz CT molecular complexity index is 506. The zero-order valence-electron chi connectivity index (χ0n) is 9.38. The van der Waals surface area contributed by atoms with E-state index >= 15 is 0 Å². The Kier molecular flexibility index (Phi) is 3.49. The van der Waals surface area contributed by atoms with Crippen molar-refractivity contribution >= 4 is 23.2 Å². The number of para-hydroxylation sites is 1. The monoisotopic (exact) mass is 270 g/mol. The van der Waals surface area contributed by atoms with E-state index in [9.17, 15) is 20.0 Å². The molecule has 0 saturated carbocycles. The summed E-state index contributed by atoms with van der Waals surface area (Å²) in [6.45, 7) is 0.589. The fourth-order valence-corrected chi connectivity index (χ4v) is 2.21. The molecule has 0 aromatic heterocycles. The van der Waals surface area contributed by atoms with Crippen molar-refractivity contribution in [3.8, 4) is 0 Å². The molecule has 1 N–H and O–H groups in total. The van der Waals surface area contributed by atoms with E-state index in [-0.39, 0.29) is 22.8 Å². The third-order valence-corrected chi connectivity index (χ3v) is 3.16. The van der Waals surface area contributed by atoms with Crippen LogP contribution in [0.15, 0.2) is 18.2 Å². The Morgan fingerprint density at radius 3 is 2.83 bits per heavy atom. The first-order valence-electron chi connectivity index (χ1n) is 5.41. The van der Waals surface area contributed by atoms with Gasteiger partial charge in [-0.2, -0.15) is 0 Å². The van der Waals surface area contributed by atoms with Gasteiger partial charge >= 0.3 is 5.69 Å². The van der Waals surface area contributed by atoms with Gasteiger partial charge in [-0.05, 0) is 18.6 Å². The van der Waals surface area contributed by atoms with Gasteiger partial charge in [-0.25, -0.2) is 0 Å². The summed E-state index contributed by atoms with van der Waals surface area (Å²) in [5.74, 6) is -0.472. The first-order valence-corrected chi connectivity index (χ1v) is 5.78. The number of hydrogen-bond donors (Lipinski definition) is 1. The van der Waals surface area contributed by atoms with Gasteiger partial charge in [0.1, 0.15) is 10.6 Å². The number of nitro groups is 1. The van der Waals surface area contributed by atoms with Gasteiger partial charge < -0.3 is 10.0 Å². The normalized spacial score (nSPS) is 19.0. The molecule has 1 amide bonds. The summed E-state index contributed by atoms with van der Waals surface area (Å²) in [4.78, 5) is 23.8. The van der Waals surface area contributed by atoms with Crippen LogP contribution in [0, 0.1) is 10.1 Å². The topological polar surface area (TPSA) is 83.7 Å². The summed E-state index contributed by atoms with van der Waals surface area (Å²) in [5.41, 5.74) is -0.424. The minimum atomic E-state index is -0.665. The standard InChI is InChI=1S/C11H11ClN2O4/c12-9-3-1-2-8(10(9)14(17)18)11(16)13-5-4-7(15)6-13/h1-3,7,15H,4-6H2/t7-/m1/s1. The summed E-state index contributed by atoms with van der Waals surface area (Å²) in [5, 5.41) is 20.2. The molecular formula is C11H11ClN2O4. The fourth-order valence-electron chi connectivity index (χ4n) is 1.97. The molecule has 1 aliphatic heterocycles. The summed E-state index contributed by atoms with van der Waals surface area (Å²) >= 11 is 5.74. The van der Waals surface area contributed by atoms with Crippen molar-refractivity contribution in [1.82, 2.24) is 4.90 Å². The lowest BCUT2D eigenvalue weighted by molar-refractivity contribution is -0.385. The highest BCUT2D eigenvalue weighted by molar-refractivity contribution is 6.33. The molecule has 1 fully saturated rings. The summed E-state index contributed by atoms with van der Waals surface area (Å²) in [6.07, 6.45) is -0.0766. The maximum atomic E-state index is 12.1. The maximum absolute atomic E-state index is 12.1. The van der Waals surface area contributed by atoms with E-state index in [0.29, 0.717) is 13.0 Å². The Hall–Kier alpha value is -1.66. The van der Waals surface area contributed by atoms with Crippen LogP contribution in [0.1, 0.15) is 16.8 Å². The highest BCUT2D eigenvalue weighted by Gasteiger charge is 2.31. The van der Waals surface area contributed by atoms with Crippen LogP contribution in [0.2, 0.25) is 5.02 Å². The molecule has 0 unspecified atom stereocenters. The Balaban J connectivity index is 2.36. The van der Waals surface area contributed by atoms with Crippen LogP contribution in [0.5, 0.6) is 0 Å². The average Bonchev–Trinajstić information content (AvgIpc) is 2.74. The van der Waals surface area contributed by atoms with E-state index in [1.165, 1.54) is 23.1 Å². The Labute approximate surface area is 108 Å². The van der Waals surface area contributed by atoms with Crippen LogP contribution in [-0.4, -0.2) is 40.0 Å². The molecule has 1 heterocycles. The fraction of sp³-hybridized carbons (Fsp3) is 0.364. The quantitative estimate of drug-likeness (QED) is 0.651. The molecule has 6 nitrogen and oxygen atoms in total. The molecule has 7 heteroatoms. The van der Waals surface area contributed by atoms with Crippen molar-refractivity contribution in [3.05, 3.63) is 38.9 Å². The van der Waals surface area contributed by atoms with Crippen molar-refractivity contribution < 1.29 is 14.8 Å². The zero-order chi connectivity index (χ0) is 13.3. The number of aliphatic hydroxyl groups excluding tert-OH is 1. The largest absolute Gasteiger partial charge is 0.391 e. The third kappa shape index (κ3) is 2.30. The highest BCUT2D eigenvalue weighted by atomic mass is 35.5. The number of β-amino-alcohol motifs (C(OH)–C–C–N with tert-alkyl or cyclic N) is 1. The number of likely N-dealkylation sites (tertiary alicyclic amines) is 1. The number of rotatable bonds is 2. The molecular weight excluding hydrogens is 260 g/mol. The third-order valence-electron chi connectivity index (χ3n) is 2.85. The lowest BCUT2D eigenvalue weighted by Crippen LogP contribution is -2.30. The first-order chi connectivity index (χ1) is 8.50. The van der Waals surface area contributed by atoms with E-state index in [0.717, 1.165) is 0 Å². The summed E-state index contributed by atoms with van der Waals surface area (Å²) in [7, 11) is 0. The smallest absolute Gasteiger partial charge is 0.300 e. The predicted octanol–water partition coefficient (Wildman–Crippen LogP) is 1.46. The number of halogens is 1. The van der Waals surface area contributed by atoms with Gasteiger partial charge in [0, 0.05) is 13.1 Å². The number of hydrogen-bond acceptors (Lipinski definition) is 4. The minimum Gasteiger partial charge on any atom is -0.391 e. The molecule has 18 heavy (non-hydrogen) atoms. The van der Waals surface area contributed by atoms with Crippen LogP contribution in [-0.2, 0) is 0 Å². The zero-order valence-corrected chi connectivity index (χ0v) is 10.1. The van der Waals surface area contributed by atoms with Gasteiger partial charge in [-0.1, -0.05) is 17.7 Å². The molecule has 1 aromatic carbocycles. The highest BCUT2D eigenvalue weighted by Crippen LogP contribution is 2.29.